The van der Waals surface area contributed by atoms with Gasteiger partial charge in [-0.05, 0) is 80.7 Å². The van der Waals surface area contributed by atoms with Gasteiger partial charge in [-0.3, -0.25) is 4.79 Å². The molecule has 1 aromatic carbocycles. The molecule has 1 heterocycles. The Balaban J connectivity index is 1.35. The Bertz CT molecular complexity index is 942. The topological polar surface area (TPSA) is 70.9 Å². The molecule has 1 aromatic rings. The van der Waals surface area contributed by atoms with Gasteiger partial charge in [-0.1, -0.05) is 42.4 Å². The molecule has 8 atom stereocenters. The molecule has 0 spiro atoms. The van der Waals surface area contributed by atoms with Crippen molar-refractivity contribution in [1.82, 2.24) is 5.32 Å². The average molecular weight is 465 g/mol. The zero-order valence-electron chi connectivity index (χ0n) is 20.5. The molecule has 8 unspecified atom stereocenters. The molecule has 5 heteroatoms. The summed E-state index contributed by atoms with van der Waals surface area (Å²) in [5, 5.41) is 19.3. The Hall–Kier alpha value is -1.72. The van der Waals surface area contributed by atoms with E-state index < -0.39 is 0 Å². The smallest absolute Gasteiger partial charge is 0.141 e. The number of hydrogen-bond donors (Lipinski definition) is 2. The number of nitrogens with zero attached hydrogens (tertiary/aromatic N) is 1. The number of carbonyl (C=O) groups is 1. The molecule has 5 nitrogen and oxygen atoms in total. The molecule has 0 amide bonds. The maximum atomic E-state index is 12.8. The van der Waals surface area contributed by atoms with Gasteiger partial charge in [-0.25, -0.2) is 0 Å². The SMILES string of the molecule is CC12CCC3C(CCC4C(c5ccccc5)C(=NOC5CCNC5)CCC43CO)C1CCC2=O. The molecule has 6 rings (SSSR count). The normalized spacial score (nSPS) is 45.0. The first-order valence-corrected chi connectivity index (χ1v) is 13.7. The molecule has 2 N–H and O–H groups in total. The second kappa shape index (κ2) is 8.74. The molecule has 34 heavy (non-hydrogen) atoms. The third-order valence-electron chi connectivity index (χ3n) is 10.8. The number of ketones is 1. The summed E-state index contributed by atoms with van der Waals surface area (Å²) in [6.07, 6.45) is 9.24. The summed E-state index contributed by atoms with van der Waals surface area (Å²) in [5.41, 5.74) is 2.28. The monoisotopic (exact) mass is 464 g/mol. The molecule has 4 saturated carbocycles. The number of oxime groups is 1. The Morgan fingerprint density at radius 2 is 1.88 bits per heavy atom. The van der Waals surface area contributed by atoms with Crippen LogP contribution in [-0.2, 0) is 9.63 Å². The number of hydrogen-bond acceptors (Lipinski definition) is 5. The highest BCUT2D eigenvalue weighted by Gasteiger charge is 2.63. The van der Waals surface area contributed by atoms with Crippen molar-refractivity contribution in [2.45, 2.75) is 76.7 Å². The fraction of sp³-hybridized carbons (Fsp3) is 0.724. The van der Waals surface area contributed by atoms with Crippen molar-refractivity contribution >= 4 is 11.5 Å². The largest absolute Gasteiger partial charge is 0.396 e. The van der Waals surface area contributed by atoms with E-state index >= 15 is 0 Å². The van der Waals surface area contributed by atoms with E-state index in [-0.39, 0.29) is 29.5 Å². The van der Waals surface area contributed by atoms with E-state index in [0.29, 0.717) is 29.5 Å². The van der Waals surface area contributed by atoms with Gasteiger partial charge in [0.05, 0.1) is 5.71 Å². The van der Waals surface area contributed by atoms with Gasteiger partial charge in [-0.15, -0.1) is 0 Å². The van der Waals surface area contributed by atoms with E-state index in [1.54, 1.807) is 0 Å². The molecule has 1 aliphatic heterocycles. The Labute approximate surface area is 203 Å². The lowest BCUT2D eigenvalue weighted by Crippen LogP contribution is -2.58. The molecule has 0 radical (unpaired) electrons. The summed E-state index contributed by atoms with van der Waals surface area (Å²) in [4.78, 5) is 18.9. The maximum Gasteiger partial charge on any atom is 0.141 e. The summed E-state index contributed by atoms with van der Waals surface area (Å²) in [6, 6.07) is 10.8. The van der Waals surface area contributed by atoms with Crippen LogP contribution in [0, 0.1) is 34.5 Å². The van der Waals surface area contributed by atoms with Crippen LogP contribution in [0.3, 0.4) is 0 Å². The highest BCUT2D eigenvalue weighted by molar-refractivity contribution is 5.92. The lowest BCUT2D eigenvalue weighted by atomic mass is 9.43. The van der Waals surface area contributed by atoms with E-state index in [9.17, 15) is 9.90 Å². The third kappa shape index (κ3) is 3.41. The minimum Gasteiger partial charge on any atom is -0.396 e. The van der Waals surface area contributed by atoms with E-state index in [2.05, 4.69) is 42.6 Å². The van der Waals surface area contributed by atoms with Gasteiger partial charge < -0.3 is 15.3 Å². The Morgan fingerprint density at radius 1 is 1.03 bits per heavy atom. The molecular formula is C29H40N2O3. The molecule has 4 aliphatic carbocycles. The van der Waals surface area contributed by atoms with Crippen LogP contribution in [0.5, 0.6) is 0 Å². The zero-order valence-corrected chi connectivity index (χ0v) is 20.5. The molecule has 0 bridgehead atoms. The number of benzene rings is 1. The molecule has 0 aromatic heterocycles. The van der Waals surface area contributed by atoms with Crippen molar-refractivity contribution in [3.8, 4) is 0 Å². The molecular weight excluding hydrogens is 424 g/mol. The van der Waals surface area contributed by atoms with Gasteiger partial charge in [0.2, 0.25) is 0 Å². The van der Waals surface area contributed by atoms with E-state index in [4.69, 9.17) is 9.99 Å². The lowest BCUT2D eigenvalue weighted by Gasteiger charge is -2.61. The first-order valence-electron chi connectivity index (χ1n) is 13.7. The zero-order chi connectivity index (χ0) is 23.3. The summed E-state index contributed by atoms with van der Waals surface area (Å²) in [5.74, 6) is 2.66. The predicted octanol–water partition coefficient (Wildman–Crippen LogP) is 4.70. The molecule has 5 fully saturated rings. The Morgan fingerprint density at radius 3 is 2.65 bits per heavy atom. The average Bonchev–Trinajstić information content (AvgIpc) is 3.50. The number of rotatable bonds is 4. The summed E-state index contributed by atoms with van der Waals surface area (Å²) in [7, 11) is 0. The number of nitrogens with one attached hydrogen (secondary N) is 1. The molecule has 1 saturated heterocycles. The van der Waals surface area contributed by atoms with E-state index in [1.165, 1.54) is 17.7 Å². The van der Waals surface area contributed by atoms with Gasteiger partial charge in [0, 0.05) is 42.7 Å². The van der Waals surface area contributed by atoms with Gasteiger partial charge in [0.1, 0.15) is 11.9 Å². The highest BCUT2D eigenvalue weighted by atomic mass is 16.6. The Kier molecular flexibility index (Phi) is 5.84. The van der Waals surface area contributed by atoms with Gasteiger partial charge in [0.25, 0.3) is 0 Å². The van der Waals surface area contributed by atoms with Crippen LogP contribution < -0.4 is 5.32 Å². The number of carbonyl (C=O) groups excluding carboxylic acids is 1. The quantitative estimate of drug-likeness (QED) is 0.634. The summed E-state index contributed by atoms with van der Waals surface area (Å²) < 4.78 is 0. The summed E-state index contributed by atoms with van der Waals surface area (Å²) in [6.45, 7) is 4.37. The van der Waals surface area contributed by atoms with Crippen LogP contribution in [0.1, 0.15) is 76.2 Å². The number of aliphatic hydroxyl groups excluding tert-OH is 1. The van der Waals surface area contributed by atoms with Gasteiger partial charge in [-0.2, -0.15) is 0 Å². The van der Waals surface area contributed by atoms with Crippen LogP contribution in [0.2, 0.25) is 0 Å². The lowest BCUT2D eigenvalue weighted by molar-refractivity contribution is -0.145. The van der Waals surface area contributed by atoms with Crippen LogP contribution in [0.25, 0.3) is 0 Å². The fourth-order valence-corrected chi connectivity index (χ4v) is 9.09. The fourth-order valence-electron chi connectivity index (χ4n) is 9.09. The second-order valence-corrected chi connectivity index (χ2v) is 12.1. The second-order valence-electron chi connectivity index (χ2n) is 12.1. The van der Waals surface area contributed by atoms with Crippen LogP contribution in [-0.4, -0.2) is 42.4 Å². The van der Waals surface area contributed by atoms with Crippen molar-refractivity contribution in [3.05, 3.63) is 35.9 Å². The van der Waals surface area contributed by atoms with E-state index in [0.717, 1.165) is 64.5 Å². The van der Waals surface area contributed by atoms with Crippen molar-refractivity contribution in [3.63, 3.8) is 0 Å². The maximum absolute atomic E-state index is 12.8. The molecule has 184 valence electrons. The number of fused-ring (bicyclic) bond motifs is 5. The van der Waals surface area contributed by atoms with Gasteiger partial charge in [0.15, 0.2) is 0 Å². The van der Waals surface area contributed by atoms with Crippen molar-refractivity contribution in [1.29, 1.82) is 0 Å². The van der Waals surface area contributed by atoms with Crippen LogP contribution in [0.15, 0.2) is 35.5 Å². The van der Waals surface area contributed by atoms with Crippen molar-refractivity contribution < 1.29 is 14.7 Å². The minimum absolute atomic E-state index is 0.0790. The first kappa shape index (κ1) is 22.7. The summed E-state index contributed by atoms with van der Waals surface area (Å²) >= 11 is 0. The number of aliphatic hydroxyl groups is 1. The molecule has 5 aliphatic rings. The van der Waals surface area contributed by atoms with Crippen LogP contribution >= 0.6 is 0 Å². The predicted molar refractivity (Wildman–Crippen MR) is 133 cm³/mol. The van der Waals surface area contributed by atoms with Crippen LogP contribution in [0.4, 0.5) is 0 Å². The van der Waals surface area contributed by atoms with Crippen molar-refractivity contribution in [2.24, 2.45) is 39.7 Å². The van der Waals surface area contributed by atoms with Gasteiger partial charge >= 0.3 is 0 Å². The van der Waals surface area contributed by atoms with Crippen molar-refractivity contribution in [2.75, 3.05) is 19.7 Å². The number of Topliss-reactive ketones (excluding diaryl/α,β-unsaturated/α-hetero) is 1. The standard InChI is InChI=1S/C29H40N2O3/c1-28-14-11-23-21(22(28)9-10-26(28)33)7-8-24-27(19-5-3-2-4-6-19)25(12-15-29(23,24)18-32)31-34-20-13-16-30-17-20/h2-6,20-24,27,30,32H,7-18H2,1H3. The minimum atomic E-state index is -0.117. The first-order chi connectivity index (χ1) is 16.6. The third-order valence-corrected chi connectivity index (χ3v) is 10.8. The van der Waals surface area contributed by atoms with E-state index in [1.807, 2.05) is 0 Å². The highest BCUT2D eigenvalue weighted by Crippen LogP contribution is 2.67.